The Morgan fingerprint density at radius 2 is 1.37 bits per heavy atom. The van der Waals surface area contributed by atoms with Gasteiger partial charge in [0.2, 0.25) is 0 Å². The van der Waals surface area contributed by atoms with Gasteiger partial charge in [0.1, 0.15) is 0 Å². The van der Waals surface area contributed by atoms with Crippen molar-refractivity contribution in [2.75, 3.05) is 38.0 Å². The fraction of sp³-hybridized carbons (Fsp3) is 0.208. The van der Waals surface area contributed by atoms with Crippen molar-refractivity contribution in [3.05, 3.63) is 83.9 Å². The molecule has 0 N–H and O–H groups in total. The summed E-state index contributed by atoms with van der Waals surface area (Å²) in [6.45, 7) is 0. The molecule has 136 valence electrons. The molecule has 0 bridgehead atoms. The van der Waals surface area contributed by atoms with Gasteiger partial charge in [-0.25, -0.2) is 0 Å². The SMILES string of the molecule is CN(C)c1ccc(-c2ccc(N(C)C)c(C(C#N)c3ccccc3)c2)cc1. The molecule has 0 radical (unpaired) electrons. The summed E-state index contributed by atoms with van der Waals surface area (Å²) >= 11 is 0. The maximum Gasteiger partial charge on any atom is 0.0982 e. The molecule has 1 atom stereocenters. The third-order valence-corrected chi connectivity index (χ3v) is 4.80. The van der Waals surface area contributed by atoms with Gasteiger partial charge in [-0.05, 0) is 46.5 Å². The van der Waals surface area contributed by atoms with Gasteiger partial charge in [-0.2, -0.15) is 5.26 Å². The van der Waals surface area contributed by atoms with Gasteiger partial charge in [0.05, 0.1) is 12.0 Å². The van der Waals surface area contributed by atoms with Crippen LogP contribution in [0, 0.1) is 11.3 Å². The van der Waals surface area contributed by atoms with Crippen molar-refractivity contribution in [3.8, 4) is 17.2 Å². The topological polar surface area (TPSA) is 30.3 Å². The summed E-state index contributed by atoms with van der Waals surface area (Å²) in [6.07, 6.45) is 0. The van der Waals surface area contributed by atoms with Crippen molar-refractivity contribution in [1.82, 2.24) is 0 Å². The smallest absolute Gasteiger partial charge is 0.0982 e. The van der Waals surface area contributed by atoms with E-state index in [-0.39, 0.29) is 5.92 Å². The Balaban J connectivity index is 2.09. The highest BCUT2D eigenvalue weighted by Crippen LogP contribution is 2.35. The van der Waals surface area contributed by atoms with Crippen molar-refractivity contribution >= 4 is 11.4 Å². The largest absolute Gasteiger partial charge is 0.378 e. The first kappa shape index (κ1) is 18.5. The van der Waals surface area contributed by atoms with Crippen LogP contribution in [-0.4, -0.2) is 28.2 Å². The second kappa shape index (κ2) is 7.97. The average Bonchev–Trinajstić information content (AvgIpc) is 2.69. The number of nitriles is 1. The molecule has 0 fully saturated rings. The minimum absolute atomic E-state index is 0.301. The van der Waals surface area contributed by atoms with Crippen molar-refractivity contribution < 1.29 is 0 Å². The van der Waals surface area contributed by atoms with E-state index < -0.39 is 0 Å². The lowest BCUT2D eigenvalue weighted by atomic mass is 9.88. The Kier molecular flexibility index (Phi) is 5.47. The second-order valence-electron chi connectivity index (χ2n) is 7.08. The predicted molar refractivity (Wildman–Crippen MR) is 114 cm³/mol. The van der Waals surface area contributed by atoms with Crippen LogP contribution < -0.4 is 9.80 Å². The molecule has 0 saturated heterocycles. The molecule has 3 aromatic carbocycles. The van der Waals surface area contributed by atoms with Crippen LogP contribution in [-0.2, 0) is 0 Å². The molecule has 0 heterocycles. The molecular formula is C24H25N3. The van der Waals surface area contributed by atoms with Crippen LogP contribution in [0.2, 0.25) is 0 Å². The van der Waals surface area contributed by atoms with Crippen molar-refractivity contribution in [3.63, 3.8) is 0 Å². The molecule has 3 heteroatoms. The van der Waals surface area contributed by atoms with Gasteiger partial charge in [0.25, 0.3) is 0 Å². The molecule has 0 aromatic heterocycles. The van der Waals surface area contributed by atoms with Crippen molar-refractivity contribution in [2.24, 2.45) is 0 Å². The summed E-state index contributed by atoms with van der Waals surface area (Å²) in [7, 11) is 8.11. The van der Waals surface area contributed by atoms with Gasteiger partial charge in [-0.1, -0.05) is 48.5 Å². The van der Waals surface area contributed by atoms with Gasteiger partial charge < -0.3 is 9.80 Å². The Hall–Kier alpha value is -3.25. The molecule has 0 aliphatic heterocycles. The van der Waals surface area contributed by atoms with Crippen LogP contribution >= 0.6 is 0 Å². The van der Waals surface area contributed by atoms with Crippen LogP contribution in [0.5, 0.6) is 0 Å². The van der Waals surface area contributed by atoms with E-state index in [1.54, 1.807) is 0 Å². The Bertz CT molecular complexity index is 936. The molecule has 3 rings (SSSR count). The standard InChI is InChI=1S/C24H25N3/c1-26(2)21-13-10-18(11-14-21)20-12-15-24(27(3)4)22(16-20)23(17-25)19-8-6-5-7-9-19/h5-16,23H,1-4H3. The molecule has 0 amide bonds. The Morgan fingerprint density at radius 3 is 1.93 bits per heavy atom. The normalized spacial score (nSPS) is 11.5. The van der Waals surface area contributed by atoms with Crippen molar-refractivity contribution in [2.45, 2.75) is 5.92 Å². The zero-order valence-electron chi connectivity index (χ0n) is 16.3. The molecule has 3 aromatic rings. The predicted octanol–water partition coefficient (Wildman–Crippen LogP) is 5.14. The van der Waals surface area contributed by atoms with E-state index in [0.29, 0.717) is 0 Å². The van der Waals surface area contributed by atoms with Crippen LogP contribution in [0.3, 0.4) is 0 Å². The summed E-state index contributed by atoms with van der Waals surface area (Å²) in [5.74, 6) is -0.301. The highest BCUT2D eigenvalue weighted by molar-refractivity contribution is 5.72. The van der Waals surface area contributed by atoms with E-state index in [2.05, 4.69) is 58.3 Å². The van der Waals surface area contributed by atoms with Gasteiger partial charge in [0.15, 0.2) is 0 Å². The lowest BCUT2D eigenvalue weighted by Gasteiger charge is -2.22. The fourth-order valence-corrected chi connectivity index (χ4v) is 3.29. The van der Waals surface area contributed by atoms with E-state index in [1.807, 2.05) is 58.5 Å². The third-order valence-electron chi connectivity index (χ3n) is 4.80. The number of hydrogen-bond donors (Lipinski definition) is 0. The molecule has 3 nitrogen and oxygen atoms in total. The molecule has 0 aliphatic rings. The third kappa shape index (κ3) is 3.96. The zero-order chi connectivity index (χ0) is 19.4. The minimum atomic E-state index is -0.301. The van der Waals surface area contributed by atoms with Crippen LogP contribution in [0.15, 0.2) is 72.8 Å². The quantitative estimate of drug-likeness (QED) is 0.635. The van der Waals surface area contributed by atoms with E-state index in [1.165, 1.54) is 5.69 Å². The van der Waals surface area contributed by atoms with E-state index in [0.717, 1.165) is 27.9 Å². The highest BCUT2D eigenvalue weighted by atomic mass is 15.1. The number of nitrogens with zero attached hydrogens (tertiary/aromatic N) is 3. The molecule has 0 spiro atoms. The first-order valence-corrected chi connectivity index (χ1v) is 9.05. The first-order chi connectivity index (χ1) is 13.0. The molecule has 1 unspecified atom stereocenters. The Labute approximate surface area is 162 Å². The summed E-state index contributed by atoms with van der Waals surface area (Å²) in [5.41, 5.74) is 6.56. The number of benzene rings is 3. The van der Waals surface area contributed by atoms with Crippen molar-refractivity contribution in [1.29, 1.82) is 5.26 Å². The van der Waals surface area contributed by atoms with E-state index in [4.69, 9.17) is 0 Å². The zero-order valence-corrected chi connectivity index (χ0v) is 16.3. The van der Waals surface area contributed by atoms with Crippen LogP contribution in [0.1, 0.15) is 17.0 Å². The maximum absolute atomic E-state index is 9.92. The summed E-state index contributed by atoms with van der Waals surface area (Å²) < 4.78 is 0. The van der Waals surface area contributed by atoms with Gasteiger partial charge in [-0.15, -0.1) is 0 Å². The lowest BCUT2D eigenvalue weighted by Crippen LogP contribution is -2.13. The number of hydrogen-bond acceptors (Lipinski definition) is 3. The summed E-state index contributed by atoms with van der Waals surface area (Å²) in [5, 5.41) is 9.92. The average molecular weight is 355 g/mol. The van der Waals surface area contributed by atoms with Gasteiger partial charge in [0, 0.05) is 39.6 Å². The molecule has 0 saturated carbocycles. The fourth-order valence-electron chi connectivity index (χ4n) is 3.29. The maximum atomic E-state index is 9.92. The molecule has 0 aliphatic carbocycles. The summed E-state index contributed by atoms with van der Waals surface area (Å²) in [6, 6.07) is 27.4. The van der Waals surface area contributed by atoms with E-state index in [9.17, 15) is 5.26 Å². The van der Waals surface area contributed by atoms with Gasteiger partial charge >= 0.3 is 0 Å². The minimum Gasteiger partial charge on any atom is -0.378 e. The first-order valence-electron chi connectivity index (χ1n) is 9.05. The van der Waals surface area contributed by atoms with E-state index >= 15 is 0 Å². The monoisotopic (exact) mass is 355 g/mol. The molecule has 27 heavy (non-hydrogen) atoms. The van der Waals surface area contributed by atoms with Crippen LogP contribution in [0.4, 0.5) is 11.4 Å². The molecular weight excluding hydrogens is 330 g/mol. The summed E-state index contributed by atoms with van der Waals surface area (Å²) in [4.78, 5) is 4.16. The number of anilines is 2. The van der Waals surface area contributed by atoms with Crippen LogP contribution in [0.25, 0.3) is 11.1 Å². The number of rotatable bonds is 5. The highest BCUT2D eigenvalue weighted by Gasteiger charge is 2.19. The second-order valence-corrected chi connectivity index (χ2v) is 7.08. The Morgan fingerprint density at radius 1 is 0.741 bits per heavy atom. The lowest BCUT2D eigenvalue weighted by molar-refractivity contribution is 1.01. The van der Waals surface area contributed by atoms with Gasteiger partial charge in [-0.3, -0.25) is 0 Å².